The molecule has 0 saturated carbocycles. The standard InChI is InChI=1S/C19H19F2N3O/c20-16-7-5-15(6-8-16)18(13-24-11-9-22-14-24)23-10-12-25-19-4-2-1-3-17(19)21/h1-9,11,14,18,23H,10,12-13H2. The van der Waals surface area contributed by atoms with E-state index >= 15 is 0 Å². The first-order valence-corrected chi connectivity index (χ1v) is 8.04. The number of ether oxygens (including phenoxy) is 1. The van der Waals surface area contributed by atoms with Crippen molar-refractivity contribution in [2.24, 2.45) is 0 Å². The van der Waals surface area contributed by atoms with Crippen molar-refractivity contribution in [1.82, 2.24) is 14.9 Å². The smallest absolute Gasteiger partial charge is 0.165 e. The molecule has 1 N–H and O–H groups in total. The Morgan fingerprint density at radius 3 is 2.60 bits per heavy atom. The first-order valence-electron chi connectivity index (χ1n) is 8.04. The average molecular weight is 343 g/mol. The monoisotopic (exact) mass is 343 g/mol. The van der Waals surface area contributed by atoms with Crippen LogP contribution in [0.3, 0.4) is 0 Å². The van der Waals surface area contributed by atoms with Crippen molar-refractivity contribution in [2.75, 3.05) is 13.2 Å². The van der Waals surface area contributed by atoms with Crippen molar-refractivity contribution < 1.29 is 13.5 Å². The molecule has 1 heterocycles. The Hall–Kier alpha value is -2.73. The second-order valence-electron chi connectivity index (χ2n) is 5.60. The summed E-state index contributed by atoms with van der Waals surface area (Å²) in [6.07, 6.45) is 5.31. The molecule has 0 amide bonds. The molecule has 0 radical (unpaired) electrons. The largest absolute Gasteiger partial charge is 0.489 e. The van der Waals surface area contributed by atoms with E-state index in [-0.39, 0.29) is 23.4 Å². The van der Waals surface area contributed by atoms with Crippen LogP contribution in [0.5, 0.6) is 5.75 Å². The van der Waals surface area contributed by atoms with Gasteiger partial charge in [0.2, 0.25) is 0 Å². The Morgan fingerprint density at radius 1 is 1.08 bits per heavy atom. The first-order chi connectivity index (χ1) is 12.2. The Kier molecular flexibility index (Phi) is 5.74. The molecule has 1 unspecified atom stereocenters. The summed E-state index contributed by atoms with van der Waals surface area (Å²) in [4.78, 5) is 4.04. The average Bonchev–Trinajstić information content (AvgIpc) is 3.13. The van der Waals surface area contributed by atoms with E-state index in [1.54, 1.807) is 42.9 Å². The summed E-state index contributed by atoms with van der Waals surface area (Å²) in [5.74, 6) is -0.416. The fourth-order valence-corrected chi connectivity index (χ4v) is 2.54. The minimum Gasteiger partial charge on any atom is -0.489 e. The molecule has 0 spiro atoms. The van der Waals surface area contributed by atoms with E-state index in [0.717, 1.165) is 5.56 Å². The quantitative estimate of drug-likeness (QED) is 0.636. The van der Waals surface area contributed by atoms with Gasteiger partial charge in [0.1, 0.15) is 12.4 Å². The highest BCUT2D eigenvalue weighted by atomic mass is 19.1. The van der Waals surface area contributed by atoms with Crippen molar-refractivity contribution in [3.05, 3.63) is 84.4 Å². The maximum atomic E-state index is 13.5. The van der Waals surface area contributed by atoms with E-state index in [0.29, 0.717) is 19.7 Å². The van der Waals surface area contributed by atoms with E-state index in [4.69, 9.17) is 4.74 Å². The van der Waals surface area contributed by atoms with Gasteiger partial charge in [0.25, 0.3) is 0 Å². The Labute approximate surface area is 145 Å². The molecular weight excluding hydrogens is 324 g/mol. The number of benzene rings is 2. The predicted octanol–water partition coefficient (Wildman–Crippen LogP) is 3.57. The summed E-state index contributed by atoms with van der Waals surface area (Å²) < 4.78 is 34.1. The SMILES string of the molecule is Fc1ccc(C(Cn2ccnc2)NCCOc2ccccc2F)cc1. The molecule has 130 valence electrons. The summed E-state index contributed by atoms with van der Waals surface area (Å²) in [5, 5.41) is 3.36. The second-order valence-corrected chi connectivity index (χ2v) is 5.60. The fourth-order valence-electron chi connectivity index (χ4n) is 2.54. The molecule has 25 heavy (non-hydrogen) atoms. The molecule has 3 aromatic rings. The van der Waals surface area contributed by atoms with Crippen LogP contribution in [0.1, 0.15) is 11.6 Å². The highest BCUT2D eigenvalue weighted by Crippen LogP contribution is 2.17. The van der Waals surface area contributed by atoms with Gasteiger partial charge in [-0.25, -0.2) is 13.8 Å². The van der Waals surface area contributed by atoms with Crippen LogP contribution >= 0.6 is 0 Å². The fraction of sp³-hybridized carbons (Fsp3) is 0.211. The van der Waals surface area contributed by atoms with Gasteiger partial charge in [-0.15, -0.1) is 0 Å². The lowest BCUT2D eigenvalue weighted by atomic mass is 10.1. The maximum Gasteiger partial charge on any atom is 0.165 e. The predicted molar refractivity (Wildman–Crippen MR) is 91.3 cm³/mol. The van der Waals surface area contributed by atoms with Gasteiger partial charge in [-0.2, -0.15) is 0 Å². The topological polar surface area (TPSA) is 39.1 Å². The molecule has 0 aliphatic heterocycles. The molecule has 4 nitrogen and oxygen atoms in total. The summed E-state index contributed by atoms with van der Waals surface area (Å²) in [7, 11) is 0. The van der Waals surface area contributed by atoms with Crippen molar-refractivity contribution in [3.63, 3.8) is 0 Å². The number of halogens is 2. The number of rotatable bonds is 8. The highest BCUT2D eigenvalue weighted by molar-refractivity contribution is 5.23. The lowest BCUT2D eigenvalue weighted by molar-refractivity contribution is 0.288. The van der Waals surface area contributed by atoms with Crippen molar-refractivity contribution in [1.29, 1.82) is 0 Å². The van der Waals surface area contributed by atoms with Gasteiger partial charge < -0.3 is 14.6 Å². The third-order valence-electron chi connectivity index (χ3n) is 3.81. The molecule has 1 atom stereocenters. The zero-order valence-electron chi connectivity index (χ0n) is 13.6. The van der Waals surface area contributed by atoms with Crippen molar-refractivity contribution in [2.45, 2.75) is 12.6 Å². The summed E-state index contributed by atoms with van der Waals surface area (Å²) in [6, 6.07) is 12.6. The van der Waals surface area contributed by atoms with Gasteiger partial charge in [-0.1, -0.05) is 24.3 Å². The summed E-state index contributed by atoms with van der Waals surface area (Å²) in [6.45, 7) is 1.49. The third-order valence-corrected chi connectivity index (χ3v) is 3.81. The van der Waals surface area contributed by atoms with E-state index in [9.17, 15) is 8.78 Å². The molecule has 0 bridgehead atoms. The number of nitrogens with one attached hydrogen (secondary N) is 1. The van der Waals surface area contributed by atoms with Gasteiger partial charge in [0.05, 0.1) is 12.4 Å². The van der Waals surface area contributed by atoms with Gasteiger partial charge in [-0.05, 0) is 29.8 Å². The lowest BCUT2D eigenvalue weighted by Gasteiger charge is -2.20. The van der Waals surface area contributed by atoms with E-state index in [1.165, 1.54) is 18.2 Å². The molecule has 0 aliphatic carbocycles. The second kappa shape index (κ2) is 8.39. The highest BCUT2D eigenvalue weighted by Gasteiger charge is 2.12. The van der Waals surface area contributed by atoms with Gasteiger partial charge in [0, 0.05) is 25.5 Å². The Morgan fingerprint density at radius 2 is 1.88 bits per heavy atom. The van der Waals surface area contributed by atoms with E-state index in [2.05, 4.69) is 10.3 Å². The Balaban J connectivity index is 1.59. The van der Waals surface area contributed by atoms with Gasteiger partial charge >= 0.3 is 0 Å². The van der Waals surface area contributed by atoms with Crippen LogP contribution in [0.4, 0.5) is 8.78 Å². The number of hydrogen-bond acceptors (Lipinski definition) is 3. The third kappa shape index (κ3) is 4.87. The van der Waals surface area contributed by atoms with Crippen LogP contribution in [-0.4, -0.2) is 22.7 Å². The minimum atomic E-state index is -0.379. The summed E-state index contributed by atoms with van der Waals surface area (Å²) in [5.41, 5.74) is 0.959. The zero-order valence-corrected chi connectivity index (χ0v) is 13.6. The first kappa shape index (κ1) is 17.1. The number of para-hydroxylation sites is 1. The molecule has 1 aromatic heterocycles. The molecule has 0 aliphatic rings. The van der Waals surface area contributed by atoms with Crippen LogP contribution in [0.25, 0.3) is 0 Å². The van der Waals surface area contributed by atoms with Gasteiger partial charge in [0.15, 0.2) is 11.6 Å². The van der Waals surface area contributed by atoms with Crippen LogP contribution < -0.4 is 10.1 Å². The number of aromatic nitrogens is 2. The van der Waals surface area contributed by atoms with Crippen LogP contribution in [0, 0.1) is 11.6 Å². The van der Waals surface area contributed by atoms with Crippen LogP contribution in [-0.2, 0) is 6.54 Å². The van der Waals surface area contributed by atoms with E-state index < -0.39 is 0 Å². The summed E-state index contributed by atoms with van der Waals surface area (Å²) >= 11 is 0. The molecular formula is C19H19F2N3O. The van der Waals surface area contributed by atoms with Crippen molar-refractivity contribution in [3.8, 4) is 5.75 Å². The van der Waals surface area contributed by atoms with Crippen molar-refractivity contribution >= 4 is 0 Å². The molecule has 3 rings (SSSR count). The molecule has 2 aromatic carbocycles. The number of nitrogens with zero attached hydrogens (tertiary/aromatic N) is 2. The molecule has 0 fully saturated rings. The Bertz CT molecular complexity index is 776. The minimum absolute atomic E-state index is 0.0426. The number of imidazole rings is 1. The van der Waals surface area contributed by atoms with E-state index in [1.807, 2.05) is 10.8 Å². The maximum absolute atomic E-state index is 13.5. The van der Waals surface area contributed by atoms with Crippen LogP contribution in [0.15, 0.2) is 67.3 Å². The zero-order chi connectivity index (χ0) is 17.5. The van der Waals surface area contributed by atoms with Crippen LogP contribution in [0.2, 0.25) is 0 Å². The number of hydrogen-bond donors (Lipinski definition) is 1. The molecule has 6 heteroatoms. The van der Waals surface area contributed by atoms with Gasteiger partial charge in [-0.3, -0.25) is 0 Å². The lowest BCUT2D eigenvalue weighted by Crippen LogP contribution is -2.29. The molecule has 0 saturated heterocycles. The normalized spacial score (nSPS) is 12.1.